The van der Waals surface area contributed by atoms with Crippen molar-refractivity contribution >= 4 is 23.3 Å². The van der Waals surface area contributed by atoms with Crippen molar-refractivity contribution in [3.05, 3.63) is 29.3 Å². The van der Waals surface area contributed by atoms with Gasteiger partial charge in [-0.3, -0.25) is 0 Å². The highest BCUT2D eigenvalue weighted by molar-refractivity contribution is 6.30. The van der Waals surface area contributed by atoms with Gasteiger partial charge in [0, 0.05) is 25.5 Å². The van der Waals surface area contributed by atoms with E-state index in [0.29, 0.717) is 30.4 Å². The SMILES string of the molecule is CC(C)(C)OC(=O)N1CCC=C(c2ncc(Cl)cn2)CC1. The Morgan fingerprint density at radius 3 is 2.57 bits per heavy atom. The summed E-state index contributed by atoms with van der Waals surface area (Å²) in [6.07, 6.45) is 6.45. The number of ether oxygens (including phenoxy) is 1. The van der Waals surface area contributed by atoms with Gasteiger partial charge in [0.05, 0.1) is 5.02 Å². The molecule has 2 rings (SSSR count). The fourth-order valence-electron chi connectivity index (χ4n) is 2.05. The summed E-state index contributed by atoms with van der Waals surface area (Å²) in [6, 6.07) is 0. The van der Waals surface area contributed by atoms with Gasteiger partial charge in [-0.05, 0) is 39.2 Å². The Hall–Kier alpha value is -1.62. The molecular formula is C15H20ClN3O2. The zero-order valence-electron chi connectivity index (χ0n) is 12.6. The van der Waals surface area contributed by atoms with Crippen molar-refractivity contribution < 1.29 is 9.53 Å². The van der Waals surface area contributed by atoms with E-state index >= 15 is 0 Å². The van der Waals surface area contributed by atoms with Gasteiger partial charge < -0.3 is 9.64 Å². The zero-order chi connectivity index (χ0) is 15.5. The Morgan fingerprint density at radius 2 is 1.95 bits per heavy atom. The molecule has 0 atom stereocenters. The zero-order valence-corrected chi connectivity index (χ0v) is 13.4. The smallest absolute Gasteiger partial charge is 0.410 e. The standard InChI is InChI=1S/C15H20ClN3O2/c1-15(2,3)21-14(20)19-7-4-5-11(6-8-19)13-17-9-12(16)10-18-13/h5,9-10H,4,6-8H2,1-3H3. The van der Waals surface area contributed by atoms with E-state index in [1.54, 1.807) is 17.3 Å². The van der Waals surface area contributed by atoms with Crippen LogP contribution in [0.15, 0.2) is 18.5 Å². The fourth-order valence-corrected chi connectivity index (χ4v) is 2.15. The molecule has 0 radical (unpaired) electrons. The number of hydrogen-bond donors (Lipinski definition) is 0. The van der Waals surface area contributed by atoms with Crippen LogP contribution in [0.5, 0.6) is 0 Å². The maximum Gasteiger partial charge on any atom is 0.410 e. The number of rotatable bonds is 1. The van der Waals surface area contributed by atoms with E-state index in [-0.39, 0.29) is 6.09 Å². The number of carbonyl (C=O) groups excluding carboxylic acids is 1. The number of aromatic nitrogens is 2. The van der Waals surface area contributed by atoms with Gasteiger partial charge in [0.2, 0.25) is 0 Å². The molecule has 114 valence electrons. The van der Waals surface area contributed by atoms with Crippen LogP contribution in [0.2, 0.25) is 5.02 Å². The molecule has 1 aromatic rings. The van der Waals surface area contributed by atoms with Crippen LogP contribution in [0.25, 0.3) is 5.57 Å². The van der Waals surface area contributed by atoms with Crippen LogP contribution in [-0.4, -0.2) is 39.7 Å². The lowest BCUT2D eigenvalue weighted by atomic mass is 10.1. The molecule has 0 saturated heterocycles. The fraction of sp³-hybridized carbons (Fsp3) is 0.533. The summed E-state index contributed by atoms with van der Waals surface area (Å²) in [6.45, 7) is 6.86. The molecule has 5 nitrogen and oxygen atoms in total. The lowest BCUT2D eigenvalue weighted by molar-refractivity contribution is 0.0260. The minimum absolute atomic E-state index is 0.269. The molecule has 0 saturated carbocycles. The van der Waals surface area contributed by atoms with Crippen LogP contribution in [0.1, 0.15) is 39.4 Å². The summed E-state index contributed by atoms with van der Waals surface area (Å²) < 4.78 is 5.40. The summed E-state index contributed by atoms with van der Waals surface area (Å²) in [5, 5.41) is 0.517. The first-order chi connectivity index (χ1) is 9.85. The van der Waals surface area contributed by atoms with Gasteiger partial charge in [-0.15, -0.1) is 0 Å². The van der Waals surface area contributed by atoms with Crippen molar-refractivity contribution in [1.82, 2.24) is 14.9 Å². The predicted octanol–water partition coefficient (Wildman–Crippen LogP) is 3.54. The summed E-state index contributed by atoms with van der Waals surface area (Å²) in [4.78, 5) is 22.3. The topological polar surface area (TPSA) is 55.3 Å². The third-order valence-electron chi connectivity index (χ3n) is 3.00. The highest BCUT2D eigenvalue weighted by atomic mass is 35.5. The minimum Gasteiger partial charge on any atom is -0.444 e. The van der Waals surface area contributed by atoms with Gasteiger partial charge in [-0.1, -0.05) is 17.7 Å². The maximum atomic E-state index is 12.1. The Morgan fingerprint density at radius 1 is 1.29 bits per heavy atom. The van der Waals surface area contributed by atoms with Gasteiger partial charge in [-0.2, -0.15) is 0 Å². The highest BCUT2D eigenvalue weighted by Gasteiger charge is 2.23. The first-order valence-corrected chi connectivity index (χ1v) is 7.38. The van der Waals surface area contributed by atoms with Crippen molar-refractivity contribution in [2.24, 2.45) is 0 Å². The molecule has 0 fully saturated rings. The van der Waals surface area contributed by atoms with Crippen molar-refractivity contribution in [1.29, 1.82) is 0 Å². The van der Waals surface area contributed by atoms with E-state index in [9.17, 15) is 4.79 Å². The molecular weight excluding hydrogens is 290 g/mol. The molecule has 1 aliphatic heterocycles. The van der Waals surface area contributed by atoms with Crippen molar-refractivity contribution in [2.45, 2.75) is 39.2 Å². The van der Waals surface area contributed by atoms with Crippen LogP contribution in [0, 0.1) is 0 Å². The largest absolute Gasteiger partial charge is 0.444 e. The Labute approximate surface area is 130 Å². The second kappa shape index (κ2) is 6.43. The molecule has 2 heterocycles. The van der Waals surface area contributed by atoms with Crippen LogP contribution < -0.4 is 0 Å². The molecule has 0 bridgehead atoms. The molecule has 1 aliphatic rings. The number of halogens is 1. The van der Waals surface area contributed by atoms with Crippen molar-refractivity contribution in [2.75, 3.05) is 13.1 Å². The monoisotopic (exact) mass is 309 g/mol. The van der Waals surface area contributed by atoms with Gasteiger partial charge >= 0.3 is 6.09 Å². The van der Waals surface area contributed by atoms with Gasteiger partial charge in [-0.25, -0.2) is 14.8 Å². The average Bonchev–Trinajstić information content (AvgIpc) is 2.63. The molecule has 6 heteroatoms. The van der Waals surface area contributed by atoms with Gasteiger partial charge in [0.1, 0.15) is 5.60 Å². The van der Waals surface area contributed by atoms with E-state index in [1.165, 1.54) is 0 Å². The average molecular weight is 310 g/mol. The van der Waals surface area contributed by atoms with Crippen molar-refractivity contribution in [3.8, 4) is 0 Å². The first kappa shape index (κ1) is 15.8. The predicted molar refractivity (Wildman–Crippen MR) is 82.1 cm³/mol. The van der Waals surface area contributed by atoms with E-state index in [1.807, 2.05) is 20.8 Å². The Bertz CT molecular complexity index is 535. The van der Waals surface area contributed by atoms with Crippen LogP contribution in [-0.2, 0) is 4.74 Å². The molecule has 0 aliphatic carbocycles. The molecule has 1 aromatic heterocycles. The second-order valence-corrected chi connectivity index (χ2v) is 6.40. The Balaban J connectivity index is 1.99. The third-order valence-corrected chi connectivity index (χ3v) is 3.20. The lowest BCUT2D eigenvalue weighted by Crippen LogP contribution is -2.37. The van der Waals surface area contributed by atoms with E-state index in [0.717, 1.165) is 12.0 Å². The molecule has 0 aromatic carbocycles. The summed E-state index contributed by atoms with van der Waals surface area (Å²) in [5.41, 5.74) is 0.566. The number of amides is 1. The van der Waals surface area contributed by atoms with Crippen LogP contribution in [0.4, 0.5) is 4.79 Å². The first-order valence-electron chi connectivity index (χ1n) is 7.00. The Kier molecular flexibility index (Phi) is 4.83. The van der Waals surface area contributed by atoms with E-state index in [2.05, 4.69) is 16.0 Å². The maximum absolute atomic E-state index is 12.1. The highest BCUT2D eigenvalue weighted by Crippen LogP contribution is 2.21. The van der Waals surface area contributed by atoms with Crippen LogP contribution >= 0.6 is 11.6 Å². The van der Waals surface area contributed by atoms with Crippen molar-refractivity contribution in [3.63, 3.8) is 0 Å². The third kappa shape index (κ3) is 4.70. The summed E-state index contributed by atoms with van der Waals surface area (Å²) in [5.74, 6) is 0.672. The number of nitrogens with zero attached hydrogens (tertiary/aromatic N) is 3. The molecule has 21 heavy (non-hydrogen) atoms. The van der Waals surface area contributed by atoms with E-state index < -0.39 is 5.60 Å². The number of hydrogen-bond acceptors (Lipinski definition) is 4. The quantitative estimate of drug-likeness (QED) is 0.796. The molecule has 0 spiro atoms. The molecule has 0 N–H and O–H groups in total. The molecule has 1 amide bonds. The minimum atomic E-state index is -0.473. The normalized spacial score (nSPS) is 16.2. The van der Waals surface area contributed by atoms with Gasteiger partial charge in [0.25, 0.3) is 0 Å². The number of carbonyl (C=O) groups is 1. The van der Waals surface area contributed by atoms with E-state index in [4.69, 9.17) is 16.3 Å². The van der Waals surface area contributed by atoms with Gasteiger partial charge in [0.15, 0.2) is 5.82 Å². The molecule has 0 unspecified atom stereocenters. The lowest BCUT2D eigenvalue weighted by Gasteiger charge is -2.26. The van der Waals surface area contributed by atoms with Crippen LogP contribution in [0.3, 0.4) is 0 Å². The second-order valence-electron chi connectivity index (χ2n) is 5.96. The summed E-state index contributed by atoms with van der Waals surface area (Å²) >= 11 is 5.80. The summed E-state index contributed by atoms with van der Waals surface area (Å²) in [7, 11) is 0.